The fourth-order valence-electron chi connectivity index (χ4n) is 1.47. The summed E-state index contributed by atoms with van der Waals surface area (Å²) in [5.74, 6) is 0.0571. The van der Waals surface area contributed by atoms with Crippen molar-refractivity contribution >= 4 is 23.6 Å². The highest BCUT2D eigenvalue weighted by Gasteiger charge is 2.11. The standard InChI is InChI=1S/C12H24N2O3S/c1-18-9-7-10(13)12(17)14-8-5-3-2-4-6-11(15)16/h10H,2-9,13H2,1H3,(H,14,17)(H,15,16)/t10-/m1/s1. The highest BCUT2D eigenvalue weighted by molar-refractivity contribution is 7.98. The van der Waals surface area contributed by atoms with Crippen LogP contribution in [0.4, 0.5) is 0 Å². The summed E-state index contributed by atoms with van der Waals surface area (Å²) < 4.78 is 0. The lowest BCUT2D eigenvalue weighted by molar-refractivity contribution is -0.137. The van der Waals surface area contributed by atoms with Crippen molar-refractivity contribution in [2.75, 3.05) is 18.6 Å². The minimum absolute atomic E-state index is 0.0883. The molecule has 18 heavy (non-hydrogen) atoms. The van der Waals surface area contributed by atoms with Crippen molar-refractivity contribution in [2.45, 2.75) is 44.6 Å². The van der Waals surface area contributed by atoms with Gasteiger partial charge in [0.05, 0.1) is 6.04 Å². The van der Waals surface area contributed by atoms with E-state index in [1.807, 2.05) is 6.26 Å². The zero-order valence-electron chi connectivity index (χ0n) is 11.0. The number of carbonyl (C=O) groups excluding carboxylic acids is 1. The van der Waals surface area contributed by atoms with E-state index in [-0.39, 0.29) is 12.3 Å². The lowest BCUT2D eigenvalue weighted by atomic mass is 10.1. The Morgan fingerprint density at radius 1 is 1.28 bits per heavy atom. The molecule has 0 bridgehead atoms. The van der Waals surface area contributed by atoms with Gasteiger partial charge in [-0.15, -0.1) is 0 Å². The molecule has 4 N–H and O–H groups in total. The zero-order valence-corrected chi connectivity index (χ0v) is 11.8. The number of unbranched alkanes of at least 4 members (excludes halogenated alkanes) is 3. The Hall–Kier alpha value is -0.750. The van der Waals surface area contributed by atoms with Crippen LogP contribution in [-0.4, -0.2) is 41.6 Å². The van der Waals surface area contributed by atoms with Gasteiger partial charge in [-0.2, -0.15) is 11.8 Å². The predicted molar refractivity (Wildman–Crippen MR) is 74.7 cm³/mol. The monoisotopic (exact) mass is 276 g/mol. The molecule has 1 atom stereocenters. The number of nitrogens with one attached hydrogen (secondary N) is 1. The molecular weight excluding hydrogens is 252 g/mol. The molecule has 0 radical (unpaired) electrons. The van der Waals surface area contributed by atoms with Crippen LogP contribution < -0.4 is 11.1 Å². The number of nitrogens with two attached hydrogens (primary N) is 1. The van der Waals surface area contributed by atoms with Crippen molar-refractivity contribution in [2.24, 2.45) is 5.73 Å². The topological polar surface area (TPSA) is 92.4 Å². The van der Waals surface area contributed by atoms with Crippen molar-refractivity contribution in [3.63, 3.8) is 0 Å². The second kappa shape index (κ2) is 11.3. The van der Waals surface area contributed by atoms with Gasteiger partial charge in [-0.05, 0) is 31.3 Å². The number of hydrogen-bond donors (Lipinski definition) is 3. The summed E-state index contributed by atoms with van der Waals surface area (Å²) in [6.45, 7) is 0.624. The van der Waals surface area contributed by atoms with Crippen LogP contribution in [0.2, 0.25) is 0 Å². The first-order valence-electron chi connectivity index (χ1n) is 6.32. The van der Waals surface area contributed by atoms with E-state index in [9.17, 15) is 9.59 Å². The summed E-state index contributed by atoms with van der Waals surface area (Å²) in [5, 5.41) is 11.2. The lowest BCUT2D eigenvalue weighted by Gasteiger charge is -2.11. The third-order valence-electron chi connectivity index (χ3n) is 2.59. The largest absolute Gasteiger partial charge is 0.481 e. The lowest BCUT2D eigenvalue weighted by Crippen LogP contribution is -2.41. The maximum absolute atomic E-state index is 11.5. The third kappa shape index (κ3) is 10.4. The molecule has 0 saturated carbocycles. The molecule has 0 aliphatic carbocycles. The fraction of sp³-hybridized carbons (Fsp3) is 0.833. The summed E-state index contributed by atoms with van der Waals surface area (Å²) in [6.07, 6.45) is 6.32. The summed E-state index contributed by atoms with van der Waals surface area (Å²) in [6, 6.07) is -0.413. The number of hydrogen-bond acceptors (Lipinski definition) is 4. The van der Waals surface area contributed by atoms with E-state index < -0.39 is 12.0 Å². The summed E-state index contributed by atoms with van der Waals surface area (Å²) in [7, 11) is 0. The summed E-state index contributed by atoms with van der Waals surface area (Å²) >= 11 is 1.68. The molecule has 0 heterocycles. The van der Waals surface area contributed by atoms with Gasteiger partial charge in [0.25, 0.3) is 0 Å². The van der Waals surface area contributed by atoms with Gasteiger partial charge < -0.3 is 16.2 Å². The minimum atomic E-state index is -0.747. The van der Waals surface area contributed by atoms with Crippen LogP contribution in [0.1, 0.15) is 38.5 Å². The zero-order chi connectivity index (χ0) is 13.8. The van der Waals surface area contributed by atoms with E-state index in [1.54, 1.807) is 11.8 Å². The molecule has 0 spiro atoms. The molecule has 0 aromatic rings. The van der Waals surface area contributed by atoms with E-state index in [1.165, 1.54) is 0 Å². The fourth-order valence-corrected chi connectivity index (χ4v) is 1.96. The molecule has 1 amide bonds. The second-order valence-corrected chi connectivity index (χ2v) is 5.22. The van der Waals surface area contributed by atoms with Crippen molar-refractivity contribution in [1.29, 1.82) is 0 Å². The average Bonchev–Trinajstić information content (AvgIpc) is 2.34. The number of thioether (sulfide) groups is 1. The van der Waals surface area contributed by atoms with Crippen molar-refractivity contribution in [3.05, 3.63) is 0 Å². The first-order chi connectivity index (χ1) is 8.57. The van der Waals surface area contributed by atoms with Crippen molar-refractivity contribution in [1.82, 2.24) is 5.32 Å². The van der Waals surface area contributed by atoms with Crippen molar-refractivity contribution < 1.29 is 14.7 Å². The van der Waals surface area contributed by atoms with Crippen LogP contribution in [0.15, 0.2) is 0 Å². The van der Waals surface area contributed by atoms with E-state index >= 15 is 0 Å². The summed E-state index contributed by atoms with van der Waals surface area (Å²) in [5.41, 5.74) is 5.71. The SMILES string of the molecule is CSCC[C@@H](N)C(=O)NCCCCCCC(=O)O. The highest BCUT2D eigenvalue weighted by atomic mass is 32.2. The first-order valence-corrected chi connectivity index (χ1v) is 7.71. The van der Waals surface area contributed by atoms with Crippen LogP contribution >= 0.6 is 11.8 Å². The highest BCUT2D eigenvalue weighted by Crippen LogP contribution is 2.02. The number of rotatable bonds is 11. The Morgan fingerprint density at radius 2 is 1.94 bits per heavy atom. The maximum Gasteiger partial charge on any atom is 0.303 e. The van der Waals surface area contributed by atoms with Crippen LogP contribution in [0.25, 0.3) is 0 Å². The Labute approximate surface area is 113 Å². The third-order valence-corrected chi connectivity index (χ3v) is 3.23. The number of aliphatic carboxylic acids is 1. The van der Waals surface area contributed by atoms with Gasteiger partial charge in [0, 0.05) is 13.0 Å². The van der Waals surface area contributed by atoms with Crippen LogP contribution in [-0.2, 0) is 9.59 Å². The molecule has 106 valence electrons. The molecule has 0 fully saturated rings. The molecule has 0 aliphatic rings. The van der Waals surface area contributed by atoms with Crippen LogP contribution in [0.5, 0.6) is 0 Å². The molecule has 0 aliphatic heterocycles. The van der Waals surface area contributed by atoms with Crippen molar-refractivity contribution in [3.8, 4) is 0 Å². The number of carboxylic acid groups (broad SMARTS) is 1. The van der Waals surface area contributed by atoms with Gasteiger partial charge in [-0.1, -0.05) is 12.8 Å². The molecular formula is C12H24N2O3S. The van der Waals surface area contributed by atoms with E-state index in [0.717, 1.165) is 25.0 Å². The Balaban J connectivity index is 3.37. The van der Waals surface area contributed by atoms with Crippen LogP contribution in [0.3, 0.4) is 0 Å². The molecule has 0 aromatic heterocycles. The van der Waals surface area contributed by atoms with Gasteiger partial charge in [-0.25, -0.2) is 0 Å². The van der Waals surface area contributed by atoms with Gasteiger partial charge >= 0.3 is 5.97 Å². The Morgan fingerprint density at radius 3 is 2.56 bits per heavy atom. The van der Waals surface area contributed by atoms with Gasteiger partial charge in [0.2, 0.25) is 5.91 Å². The molecule has 5 nitrogen and oxygen atoms in total. The first kappa shape index (κ1) is 17.2. The molecule has 0 aromatic carbocycles. The van der Waals surface area contributed by atoms with Gasteiger partial charge in [-0.3, -0.25) is 9.59 Å². The molecule has 0 unspecified atom stereocenters. The maximum atomic E-state index is 11.5. The Bertz CT molecular complexity index is 249. The average molecular weight is 276 g/mol. The molecule has 0 rings (SSSR count). The smallest absolute Gasteiger partial charge is 0.303 e. The number of amides is 1. The molecule has 0 saturated heterocycles. The van der Waals surface area contributed by atoms with E-state index in [4.69, 9.17) is 10.8 Å². The minimum Gasteiger partial charge on any atom is -0.481 e. The van der Waals surface area contributed by atoms with Gasteiger partial charge in [0.1, 0.15) is 0 Å². The Kier molecular flexibility index (Phi) is 10.9. The summed E-state index contributed by atoms with van der Waals surface area (Å²) in [4.78, 5) is 21.8. The predicted octanol–water partition coefficient (Wildman–Crippen LogP) is 1.22. The molecule has 6 heteroatoms. The number of carbonyl (C=O) groups is 2. The quantitative estimate of drug-likeness (QED) is 0.493. The number of carboxylic acids is 1. The normalized spacial score (nSPS) is 12.1. The van der Waals surface area contributed by atoms with E-state index in [0.29, 0.717) is 19.4 Å². The van der Waals surface area contributed by atoms with Crippen LogP contribution in [0, 0.1) is 0 Å². The van der Waals surface area contributed by atoms with Gasteiger partial charge in [0.15, 0.2) is 0 Å². The second-order valence-electron chi connectivity index (χ2n) is 4.24. The van der Waals surface area contributed by atoms with E-state index in [2.05, 4.69) is 5.32 Å².